The van der Waals surface area contributed by atoms with Crippen molar-refractivity contribution in [2.45, 2.75) is 56.5 Å². The van der Waals surface area contributed by atoms with Crippen molar-refractivity contribution in [3.05, 3.63) is 12.0 Å². The topological polar surface area (TPSA) is 78.0 Å². The Balaban J connectivity index is 2.37. The second-order valence-electron chi connectivity index (χ2n) is 4.64. The molecular formula is C11H19N3O2S. The number of nitrogens with two attached hydrogens (primary N) is 1. The highest BCUT2D eigenvalue weighted by Crippen LogP contribution is 2.31. The van der Waals surface area contributed by atoms with Crippen LogP contribution < -0.4 is 5.14 Å². The number of hydrogen-bond acceptors (Lipinski definition) is 3. The van der Waals surface area contributed by atoms with E-state index in [0.717, 1.165) is 31.5 Å². The molecule has 0 saturated heterocycles. The van der Waals surface area contributed by atoms with Crippen molar-refractivity contribution in [1.29, 1.82) is 0 Å². The molecule has 1 heterocycles. The summed E-state index contributed by atoms with van der Waals surface area (Å²) in [6.45, 7) is 2.06. The van der Waals surface area contributed by atoms with E-state index in [1.807, 2.05) is 4.57 Å². The predicted octanol–water partition coefficient (Wildman–Crippen LogP) is 1.60. The average Bonchev–Trinajstić information content (AvgIpc) is 2.83. The van der Waals surface area contributed by atoms with Crippen LogP contribution in [0.5, 0.6) is 0 Å². The lowest BCUT2D eigenvalue weighted by Gasteiger charge is -2.13. The van der Waals surface area contributed by atoms with Crippen LogP contribution in [0.2, 0.25) is 0 Å². The van der Waals surface area contributed by atoms with Crippen LogP contribution >= 0.6 is 0 Å². The number of rotatable bonds is 4. The number of imidazole rings is 1. The quantitative estimate of drug-likeness (QED) is 0.889. The van der Waals surface area contributed by atoms with Crippen LogP contribution in [0.1, 0.15) is 50.9 Å². The molecule has 2 N–H and O–H groups in total. The summed E-state index contributed by atoms with van der Waals surface area (Å²) in [6.07, 6.45) is 7.99. The molecule has 0 amide bonds. The van der Waals surface area contributed by atoms with E-state index in [-0.39, 0.29) is 5.03 Å². The van der Waals surface area contributed by atoms with E-state index < -0.39 is 10.0 Å². The molecular weight excluding hydrogens is 238 g/mol. The molecule has 0 bridgehead atoms. The molecule has 1 aliphatic carbocycles. The zero-order valence-electron chi connectivity index (χ0n) is 10.1. The number of aromatic nitrogens is 2. The number of hydrogen-bond donors (Lipinski definition) is 1. The summed E-state index contributed by atoms with van der Waals surface area (Å²) in [6, 6.07) is 0.402. The highest BCUT2D eigenvalue weighted by atomic mass is 32.2. The van der Waals surface area contributed by atoms with Gasteiger partial charge >= 0.3 is 0 Å². The standard InChI is InChI=1S/C11H19N3O2S/c1-2-5-10-13-11(17(12,15)16)8-14(10)9-6-3-4-7-9/h8-9H,2-7H2,1H3,(H2,12,15,16). The molecule has 2 rings (SSSR count). The number of nitrogens with zero attached hydrogens (tertiary/aromatic N) is 2. The van der Waals surface area contributed by atoms with Crippen molar-refractivity contribution in [3.8, 4) is 0 Å². The Bertz CT molecular complexity index is 487. The van der Waals surface area contributed by atoms with Gasteiger partial charge < -0.3 is 4.57 Å². The molecule has 0 radical (unpaired) electrons. The average molecular weight is 257 g/mol. The molecule has 1 saturated carbocycles. The molecule has 17 heavy (non-hydrogen) atoms. The molecule has 1 aromatic heterocycles. The second-order valence-corrected chi connectivity index (χ2v) is 6.14. The molecule has 0 aromatic carbocycles. The van der Waals surface area contributed by atoms with Crippen LogP contribution in [-0.2, 0) is 16.4 Å². The van der Waals surface area contributed by atoms with Gasteiger partial charge in [0.05, 0.1) is 0 Å². The Morgan fingerprint density at radius 2 is 2.12 bits per heavy atom. The molecule has 96 valence electrons. The summed E-state index contributed by atoms with van der Waals surface area (Å²) in [5.41, 5.74) is 0. The fourth-order valence-corrected chi connectivity index (χ4v) is 2.94. The minimum absolute atomic E-state index is 0.00727. The van der Waals surface area contributed by atoms with Gasteiger partial charge in [0.15, 0.2) is 5.03 Å². The number of sulfonamides is 1. The Morgan fingerprint density at radius 1 is 1.47 bits per heavy atom. The molecule has 0 spiro atoms. The van der Waals surface area contributed by atoms with Crippen LogP contribution in [0.3, 0.4) is 0 Å². The highest BCUT2D eigenvalue weighted by Gasteiger charge is 2.23. The maximum Gasteiger partial charge on any atom is 0.257 e. The van der Waals surface area contributed by atoms with E-state index in [2.05, 4.69) is 11.9 Å². The smallest absolute Gasteiger partial charge is 0.257 e. The first-order chi connectivity index (χ1) is 8.02. The molecule has 1 aromatic rings. The Hall–Kier alpha value is -0.880. The van der Waals surface area contributed by atoms with Crippen molar-refractivity contribution < 1.29 is 8.42 Å². The number of primary sulfonamides is 1. The van der Waals surface area contributed by atoms with Crippen molar-refractivity contribution >= 4 is 10.0 Å². The largest absolute Gasteiger partial charge is 0.330 e. The van der Waals surface area contributed by atoms with Gasteiger partial charge in [0.2, 0.25) is 0 Å². The van der Waals surface area contributed by atoms with Gasteiger partial charge in [-0.2, -0.15) is 0 Å². The van der Waals surface area contributed by atoms with Gasteiger partial charge in [0.25, 0.3) is 10.0 Å². The summed E-state index contributed by atoms with van der Waals surface area (Å²) in [5.74, 6) is 0.850. The van der Waals surface area contributed by atoms with E-state index in [4.69, 9.17) is 5.14 Å². The molecule has 6 heteroatoms. The van der Waals surface area contributed by atoms with E-state index >= 15 is 0 Å². The van der Waals surface area contributed by atoms with Crippen LogP contribution in [0.15, 0.2) is 11.2 Å². The normalized spacial score (nSPS) is 17.8. The van der Waals surface area contributed by atoms with Gasteiger partial charge in [-0.3, -0.25) is 0 Å². The zero-order valence-corrected chi connectivity index (χ0v) is 10.9. The van der Waals surface area contributed by atoms with Crippen LogP contribution in [0, 0.1) is 0 Å². The van der Waals surface area contributed by atoms with E-state index in [1.165, 1.54) is 12.8 Å². The fourth-order valence-electron chi connectivity index (χ4n) is 2.45. The first kappa shape index (κ1) is 12.6. The van der Waals surface area contributed by atoms with Gasteiger partial charge in [-0.05, 0) is 19.3 Å². The number of aryl methyl sites for hydroxylation is 1. The summed E-state index contributed by atoms with van der Waals surface area (Å²) in [5, 5.41) is 5.14. The summed E-state index contributed by atoms with van der Waals surface area (Å²) < 4.78 is 24.7. The Labute approximate surface area is 102 Å². The van der Waals surface area contributed by atoms with Gasteiger partial charge in [0.1, 0.15) is 5.82 Å². The predicted molar refractivity (Wildman–Crippen MR) is 65.1 cm³/mol. The molecule has 0 aliphatic heterocycles. The lowest BCUT2D eigenvalue weighted by atomic mass is 10.2. The first-order valence-electron chi connectivity index (χ1n) is 6.13. The molecule has 0 atom stereocenters. The minimum Gasteiger partial charge on any atom is -0.330 e. The molecule has 5 nitrogen and oxygen atoms in total. The van der Waals surface area contributed by atoms with Gasteiger partial charge in [-0.15, -0.1) is 0 Å². The van der Waals surface area contributed by atoms with Gasteiger partial charge in [-0.25, -0.2) is 18.5 Å². The van der Waals surface area contributed by atoms with E-state index in [1.54, 1.807) is 6.20 Å². The maximum atomic E-state index is 11.3. The third kappa shape index (κ3) is 2.69. The summed E-state index contributed by atoms with van der Waals surface area (Å²) >= 11 is 0. The minimum atomic E-state index is -3.68. The third-order valence-corrected chi connectivity index (χ3v) is 4.05. The summed E-state index contributed by atoms with van der Waals surface area (Å²) in [4.78, 5) is 4.17. The maximum absolute atomic E-state index is 11.3. The van der Waals surface area contributed by atoms with Gasteiger partial charge in [-0.1, -0.05) is 19.8 Å². The van der Waals surface area contributed by atoms with Crippen molar-refractivity contribution in [3.63, 3.8) is 0 Å². The molecule has 1 fully saturated rings. The highest BCUT2D eigenvalue weighted by molar-refractivity contribution is 7.89. The first-order valence-corrected chi connectivity index (χ1v) is 7.67. The lowest BCUT2D eigenvalue weighted by molar-refractivity contribution is 0.495. The monoisotopic (exact) mass is 257 g/mol. The van der Waals surface area contributed by atoms with E-state index in [0.29, 0.717) is 6.04 Å². The summed E-state index contributed by atoms with van der Waals surface area (Å²) in [7, 11) is -3.68. The molecule has 0 unspecified atom stereocenters. The van der Waals surface area contributed by atoms with Crippen LogP contribution in [-0.4, -0.2) is 18.0 Å². The second kappa shape index (κ2) is 4.78. The van der Waals surface area contributed by atoms with Crippen molar-refractivity contribution in [2.24, 2.45) is 5.14 Å². The van der Waals surface area contributed by atoms with Crippen LogP contribution in [0.25, 0.3) is 0 Å². The van der Waals surface area contributed by atoms with Crippen LogP contribution in [0.4, 0.5) is 0 Å². The SMILES string of the molecule is CCCc1nc(S(N)(=O)=O)cn1C1CCCC1. The zero-order chi connectivity index (χ0) is 12.5. The Morgan fingerprint density at radius 3 is 2.65 bits per heavy atom. The van der Waals surface area contributed by atoms with E-state index in [9.17, 15) is 8.42 Å². The fraction of sp³-hybridized carbons (Fsp3) is 0.727. The van der Waals surface area contributed by atoms with Crippen molar-refractivity contribution in [2.75, 3.05) is 0 Å². The van der Waals surface area contributed by atoms with Crippen molar-refractivity contribution in [1.82, 2.24) is 9.55 Å². The Kier molecular flexibility index (Phi) is 3.53. The third-order valence-electron chi connectivity index (χ3n) is 3.27. The lowest BCUT2D eigenvalue weighted by Crippen LogP contribution is -2.12. The van der Waals surface area contributed by atoms with Gasteiger partial charge in [0, 0.05) is 18.7 Å². The molecule has 1 aliphatic rings.